The van der Waals surface area contributed by atoms with Gasteiger partial charge in [-0.25, -0.2) is 0 Å². The van der Waals surface area contributed by atoms with Crippen LogP contribution in [-0.2, 0) is 0 Å². The van der Waals surface area contributed by atoms with Gasteiger partial charge in [0.2, 0.25) is 0 Å². The summed E-state index contributed by atoms with van der Waals surface area (Å²) >= 11 is 3.51. The maximum Gasteiger partial charge on any atom is 0.133 e. The average molecular weight is 300 g/mol. The lowest BCUT2D eigenvalue weighted by Crippen LogP contribution is -2.18. The third-order valence-electron chi connectivity index (χ3n) is 2.80. The van der Waals surface area contributed by atoms with Crippen molar-refractivity contribution in [3.8, 4) is 5.75 Å². The van der Waals surface area contributed by atoms with E-state index >= 15 is 0 Å². The topological polar surface area (TPSA) is 21.3 Å². The molecule has 1 rings (SSSR count). The first-order valence-electron chi connectivity index (χ1n) is 6.31. The molecular formula is C14H22BrNO. The molecule has 0 saturated carbocycles. The van der Waals surface area contributed by atoms with E-state index in [-0.39, 0.29) is 0 Å². The number of methoxy groups -OCH3 is 1. The molecule has 2 nitrogen and oxygen atoms in total. The Hall–Kier alpha value is -0.700. The van der Waals surface area contributed by atoms with Gasteiger partial charge < -0.3 is 10.1 Å². The zero-order valence-corrected chi connectivity index (χ0v) is 12.5. The SMILES string of the molecule is CCCC(CCC)Nc1ccc(OC)c(Br)c1. The average Bonchev–Trinajstić information content (AvgIpc) is 2.30. The molecule has 17 heavy (non-hydrogen) atoms. The summed E-state index contributed by atoms with van der Waals surface area (Å²) in [7, 11) is 1.68. The Kier molecular flexibility index (Phi) is 6.41. The number of hydrogen-bond acceptors (Lipinski definition) is 2. The first kappa shape index (κ1) is 14.4. The Labute approximate surface area is 113 Å². The van der Waals surface area contributed by atoms with Gasteiger partial charge in [-0.2, -0.15) is 0 Å². The zero-order chi connectivity index (χ0) is 12.7. The minimum Gasteiger partial charge on any atom is -0.496 e. The highest BCUT2D eigenvalue weighted by Crippen LogP contribution is 2.28. The van der Waals surface area contributed by atoms with Crippen molar-refractivity contribution in [1.29, 1.82) is 0 Å². The first-order valence-corrected chi connectivity index (χ1v) is 7.10. The summed E-state index contributed by atoms with van der Waals surface area (Å²) in [6.45, 7) is 4.46. The van der Waals surface area contributed by atoms with Crippen LogP contribution in [0.3, 0.4) is 0 Å². The number of rotatable bonds is 7. The predicted molar refractivity (Wildman–Crippen MR) is 77.9 cm³/mol. The lowest BCUT2D eigenvalue weighted by Gasteiger charge is -2.19. The summed E-state index contributed by atoms with van der Waals surface area (Å²) in [6.07, 6.45) is 4.87. The van der Waals surface area contributed by atoms with Crippen LogP contribution < -0.4 is 10.1 Å². The molecule has 0 amide bonds. The number of halogens is 1. The molecule has 0 aliphatic rings. The highest BCUT2D eigenvalue weighted by atomic mass is 79.9. The first-order chi connectivity index (χ1) is 8.21. The fourth-order valence-electron chi connectivity index (χ4n) is 1.98. The van der Waals surface area contributed by atoms with E-state index in [4.69, 9.17) is 4.74 Å². The Morgan fingerprint density at radius 1 is 1.24 bits per heavy atom. The van der Waals surface area contributed by atoms with Crippen LogP contribution in [0.5, 0.6) is 5.75 Å². The van der Waals surface area contributed by atoms with Gasteiger partial charge in [-0.05, 0) is 47.0 Å². The maximum atomic E-state index is 5.23. The number of nitrogens with one attached hydrogen (secondary N) is 1. The number of benzene rings is 1. The smallest absolute Gasteiger partial charge is 0.133 e. The molecule has 1 aromatic carbocycles. The van der Waals surface area contributed by atoms with Crippen molar-refractivity contribution in [2.75, 3.05) is 12.4 Å². The highest BCUT2D eigenvalue weighted by molar-refractivity contribution is 9.10. The monoisotopic (exact) mass is 299 g/mol. The molecule has 0 radical (unpaired) electrons. The molecule has 96 valence electrons. The molecule has 3 heteroatoms. The standard InChI is InChI=1S/C14H22BrNO/c1-4-6-11(7-5-2)16-12-8-9-14(17-3)13(15)10-12/h8-11,16H,4-7H2,1-3H3. The van der Waals surface area contributed by atoms with E-state index in [1.807, 2.05) is 6.07 Å². The Morgan fingerprint density at radius 3 is 2.35 bits per heavy atom. The molecule has 1 aromatic rings. The Balaban J connectivity index is 2.68. The van der Waals surface area contributed by atoms with E-state index in [0.717, 1.165) is 15.9 Å². The van der Waals surface area contributed by atoms with E-state index in [1.54, 1.807) is 7.11 Å². The van der Waals surface area contributed by atoms with Gasteiger partial charge in [0, 0.05) is 11.7 Å². The van der Waals surface area contributed by atoms with Crippen molar-refractivity contribution >= 4 is 21.6 Å². The second-order valence-corrected chi connectivity index (χ2v) is 5.12. The largest absolute Gasteiger partial charge is 0.496 e. The van der Waals surface area contributed by atoms with Gasteiger partial charge in [0.15, 0.2) is 0 Å². The van der Waals surface area contributed by atoms with Gasteiger partial charge in [-0.3, -0.25) is 0 Å². The van der Waals surface area contributed by atoms with Gasteiger partial charge in [-0.1, -0.05) is 26.7 Å². The highest BCUT2D eigenvalue weighted by Gasteiger charge is 2.07. The lowest BCUT2D eigenvalue weighted by atomic mass is 10.1. The Bertz CT molecular complexity index is 335. The molecule has 0 aliphatic heterocycles. The summed E-state index contributed by atoms with van der Waals surface area (Å²) in [6, 6.07) is 6.71. The van der Waals surface area contributed by atoms with Gasteiger partial charge in [0.25, 0.3) is 0 Å². The summed E-state index contributed by atoms with van der Waals surface area (Å²) in [4.78, 5) is 0. The van der Waals surface area contributed by atoms with Crippen molar-refractivity contribution in [3.05, 3.63) is 22.7 Å². The summed E-state index contributed by atoms with van der Waals surface area (Å²) < 4.78 is 6.22. The maximum absolute atomic E-state index is 5.23. The minimum atomic E-state index is 0.574. The molecule has 0 fully saturated rings. The molecule has 0 spiro atoms. The normalized spacial score (nSPS) is 10.6. The summed E-state index contributed by atoms with van der Waals surface area (Å²) in [5.74, 6) is 0.873. The predicted octanol–water partition coefficient (Wildman–Crippen LogP) is 4.84. The van der Waals surface area contributed by atoms with Crippen LogP contribution in [0.1, 0.15) is 39.5 Å². The molecule has 1 N–H and O–H groups in total. The van der Waals surface area contributed by atoms with E-state index in [2.05, 4.69) is 47.2 Å². The van der Waals surface area contributed by atoms with Gasteiger partial charge >= 0.3 is 0 Å². The fraction of sp³-hybridized carbons (Fsp3) is 0.571. The van der Waals surface area contributed by atoms with Gasteiger partial charge in [0.05, 0.1) is 11.6 Å². The number of hydrogen-bond donors (Lipinski definition) is 1. The number of anilines is 1. The van der Waals surface area contributed by atoms with Crippen LogP contribution in [0.15, 0.2) is 22.7 Å². The zero-order valence-electron chi connectivity index (χ0n) is 10.9. The summed E-state index contributed by atoms with van der Waals surface area (Å²) in [5, 5.41) is 3.59. The molecule has 0 atom stereocenters. The molecule has 0 heterocycles. The van der Waals surface area contributed by atoms with Crippen LogP contribution in [0.2, 0.25) is 0 Å². The molecule has 0 aliphatic carbocycles. The molecular weight excluding hydrogens is 278 g/mol. The second-order valence-electron chi connectivity index (χ2n) is 4.27. The molecule has 0 unspecified atom stereocenters. The molecule has 0 bridgehead atoms. The quantitative estimate of drug-likeness (QED) is 0.778. The van der Waals surface area contributed by atoms with Crippen molar-refractivity contribution < 1.29 is 4.74 Å². The van der Waals surface area contributed by atoms with Crippen LogP contribution >= 0.6 is 15.9 Å². The van der Waals surface area contributed by atoms with Crippen molar-refractivity contribution in [2.45, 2.75) is 45.6 Å². The van der Waals surface area contributed by atoms with Crippen molar-refractivity contribution in [3.63, 3.8) is 0 Å². The Morgan fingerprint density at radius 2 is 1.88 bits per heavy atom. The fourth-order valence-corrected chi connectivity index (χ4v) is 2.52. The van der Waals surface area contributed by atoms with E-state index in [1.165, 1.54) is 25.7 Å². The van der Waals surface area contributed by atoms with Crippen molar-refractivity contribution in [1.82, 2.24) is 0 Å². The summed E-state index contributed by atoms with van der Waals surface area (Å²) in [5.41, 5.74) is 1.16. The van der Waals surface area contributed by atoms with E-state index < -0.39 is 0 Å². The van der Waals surface area contributed by atoms with Crippen molar-refractivity contribution in [2.24, 2.45) is 0 Å². The lowest BCUT2D eigenvalue weighted by molar-refractivity contribution is 0.412. The van der Waals surface area contributed by atoms with Gasteiger partial charge in [-0.15, -0.1) is 0 Å². The van der Waals surface area contributed by atoms with Crippen LogP contribution in [0.4, 0.5) is 5.69 Å². The third-order valence-corrected chi connectivity index (χ3v) is 3.42. The van der Waals surface area contributed by atoms with Crippen LogP contribution in [-0.4, -0.2) is 13.2 Å². The van der Waals surface area contributed by atoms with Crippen LogP contribution in [0.25, 0.3) is 0 Å². The molecule has 0 saturated heterocycles. The minimum absolute atomic E-state index is 0.574. The van der Waals surface area contributed by atoms with E-state index in [0.29, 0.717) is 6.04 Å². The third kappa shape index (κ3) is 4.58. The molecule has 0 aromatic heterocycles. The number of ether oxygens (including phenoxy) is 1. The van der Waals surface area contributed by atoms with Crippen LogP contribution in [0, 0.1) is 0 Å². The van der Waals surface area contributed by atoms with E-state index in [9.17, 15) is 0 Å². The van der Waals surface area contributed by atoms with Gasteiger partial charge in [0.1, 0.15) is 5.75 Å². The second kappa shape index (κ2) is 7.59.